The average molecular weight is 211 g/mol. The van der Waals surface area contributed by atoms with Crippen LogP contribution in [0.15, 0.2) is 4.52 Å². The smallest absolute Gasteiger partial charge is 0.343 e. The summed E-state index contributed by atoms with van der Waals surface area (Å²) in [5, 5.41) is 15.7. The van der Waals surface area contributed by atoms with Crippen LogP contribution < -0.4 is 11.1 Å². The van der Waals surface area contributed by atoms with Gasteiger partial charge in [-0.15, -0.1) is 0 Å². The van der Waals surface area contributed by atoms with E-state index in [-0.39, 0.29) is 17.3 Å². The highest BCUT2D eigenvalue weighted by molar-refractivity contribution is 5.93. The third kappa shape index (κ3) is 1.80. The normalized spacial score (nSPS) is 17.9. The van der Waals surface area contributed by atoms with Crippen molar-refractivity contribution in [3.8, 4) is 0 Å². The number of rotatable bonds is 2. The topological polar surface area (TPSA) is 101 Å². The number of anilines is 1. The Morgan fingerprint density at radius 3 is 2.80 bits per heavy atom. The zero-order valence-electron chi connectivity index (χ0n) is 8.19. The minimum atomic E-state index is -1.07. The first-order chi connectivity index (χ1) is 7.20. The Morgan fingerprint density at radius 2 is 2.20 bits per heavy atom. The lowest BCUT2D eigenvalue weighted by Gasteiger charge is -2.20. The van der Waals surface area contributed by atoms with Gasteiger partial charge in [0, 0.05) is 5.92 Å². The number of piperidine rings is 1. The van der Waals surface area contributed by atoms with Crippen LogP contribution >= 0.6 is 0 Å². The Morgan fingerprint density at radius 1 is 1.53 bits per heavy atom. The monoisotopic (exact) mass is 211 g/mol. The van der Waals surface area contributed by atoms with Crippen molar-refractivity contribution in [1.29, 1.82) is 0 Å². The first kappa shape index (κ1) is 9.97. The molecule has 4 N–H and O–H groups in total. The Labute approximate surface area is 86.4 Å². The maximum atomic E-state index is 11.0. The average Bonchev–Trinajstić information content (AvgIpc) is 2.61. The highest BCUT2D eigenvalue weighted by atomic mass is 16.5. The predicted molar refractivity (Wildman–Crippen MR) is 52.7 cm³/mol. The van der Waals surface area contributed by atoms with Crippen LogP contribution in [-0.4, -0.2) is 29.3 Å². The van der Waals surface area contributed by atoms with Crippen LogP contribution in [0.25, 0.3) is 0 Å². The van der Waals surface area contributed by atoms with E-state index in [1.807, 2.05) is 0 Å². The summed E-state index contributed by atoms with van der Waals surface area (Å²) < 4.78 is 5.01. The highest BCUT2D eigenvalue weighted by Gasteiger charge is 2.28. The molecule has 0 spiro atoms. The van der Waals surface area contributed by atoms with Gasteiger partial charge in [0.1, 0.15) is 5.56 Å². The van der Waals surface area contributed by atoms with Gasteiger partial charge in [0.05, 0.1) is 0 Å². The summed E-state index contributed by atoms with van der Waals surface area (Å²) in [4.78, 5) is 11.0. The molecule has 0 amide bonds. The molecule has 0 saturated carbocycles. The standard InChI is InChI=1S/C9H13N3O3/c10-8-6(9(13)14)7(15-12-8)5-1-3-11-4-2-5/h5,11H,1-4H2,(H2,10,12)(H,13,14). The molecule has 15 heavy (non-hydrogen) atoms. The van der Waals surface area contributed by atoms with Crippen molar-refractivity contribution < 1.29 is 14.4 Å². The second-order valence-corrected chi connectivity index (χ2v) is 3.64. The van der Waals surface area contributed by atoms with E-state index in [4.69, 9.17) is 15.4 Å². The second kappa shape index (κ2) is 3.90. The van der Waals surface area contributed by atoms with Gasteiger partial charge in [-0.05, 0) is 25.9 Å². The summed E-state index contributed by atoms with van der Waals surface area (Å²) >= 11 is 0. The van der Waals surface area contributed by atoms with E-state index in [0.29, 0.717) is 5.76 Å². The second-order valence-electron chi connectivity index (χ2n) is 3.64. The summed E-state index contributed by atoms with van der Waals surface area (Å²) in [5.74, 6) is -0.568. The van der Waals surface area contributed by atoms with Gasteiger partial charge in [-0.3, -0.25) is 0 Å². The van der Waals surface area contributed by atoms with Gasteiger partial charge in [0.25, 0.3) is 0 Å². The Bertz CT molecular complexity index is 369. The summed E-state index contributed by atoms with van der Waals surface area (Å²) in [6.07, 6.45) is 1.71. The van der Waals surface area contributed by atoms with Crippen molar-refractivity contribution >= 4 is 11.8 Å². The van der Waals surface area contributed by atoms with E-state index in [1.54, 1.807) is 0 Å². The minimum Gasteiger partial charge on any atom is -0.477 e. The third-order valence-corrected chi connectivity index (χ3v) is 2.67. The molecule has 6 nitrogen and oxygen atoms in total. The Hall–Kier alpha value is -1.56. The van der Waals surface area contributed by atoms with Crippen LogP contribution in [0.3, 0.4) is 0 Å². The van der Waals surface area contributed by atoms with Crippen LogP contribution in [0, 0.1) is 0 Å². The van der Waals surface area contributed by atoms with E-state index < -0.39 is 5.97 Å². The molecule has 0 aliphatic carbocycles. The maximum absolute atomic E-state index is 11.0. The van der Waals surface area contributed by atoms with Gasteiger partial charge in [-0.2, -0.15) is 0 Å². The van der Waals surface area contributed by atoms with E-state index in [9.17, 15) is 4.79 Å². The van der Waals surface area contributed by atoms with Gasteiger partial charge < -0.3 is 20.7 Å². The highest BCUT2D eigenvalue weighted by Crippen LogP contribution is 2.30. The predicted octanol–water partition coefficient (Wildman–Crippen LogP) is 0.422. The van der Waals surface area contributed by atoms with Gasteiger partial charge in [-0.25, -0.2) is 4.79 Å². The van der Waals surface area contributed by atoms with Crippen molar-refractivity contribution in [1.82, 2.24) is 10.5 Å². The van der Waals surface area contributed by atoms with Crippen molar-refractivity contribution in [3.63, 3.8) is 0 Å². The summed E-state index contributed by atoms with van der Waals surface area (Å²) in [6, 6.07) is 0. The van der Waals surface area contributed by atoms with Crippen LogP contribution in [0.1, 0.15) is 34.9 Å². The van der Waals surface area contributed by atoms with Crippen LogP contribution in [0.5, 0.6) is 0 Å². The maximum Gasteiger partial charge on any atom is 0.343 e. The van der Waals surface area contributed by atoms with Crippen molar-refractivity contribution in [2.75, 3.05) is 18.8 Å². The molecule has 0 atom stereocenters. The fourth-order valence-corrected chi connectivity index (χ4v) is 1.89. The molecule has 2 rings (SSSR count). The summed E-state index contributed by atoms with van der Waals surface area (Å²) in [5.41, 5.74) is 5.48. The van der Waals surface area contributed by atoms with Gasteiger partial charge in [0.2, 0.25) is 0 Å². The van der Waals surface area contributed by atoms with E-state index in [2.05, 4.69) is 10.5 Å². The lowest BCUT2D eigenvalue weighted by atomic mass is 9.93. The molecule has 0 unspecified atom stereocenters. The van der Waals surface area contributed by atoms with Gasteiger partial charge in [0.15, 0.2) is 11.6 Å². The first-order valence-electron chi connectivity index (χ1n) is 4.89. The minimum absolute atomic E-state index is 0.0295. The molecule has 0 radical (unpaired) electrons. The van der Waals surface area contributed by atoms with E-state index in [1.165, 1.54) is 0 Å². The molecule has 1 aliphatic rings. The van der Waals surface area contributed by atoms with Crippen LogP contribution in [-0.2, 0) is 0 Å². The molecule has 1 aliphatic heterocycles. The summed E-state index contributed by atoms with van der Waals surface area (Å²) in [6.45, 7) is 1.73. The lowest BCUT2D eigenvalue weighted by Crippen LogP contribution is -2.27. The number of aromatic nitrogens is 1. The Balaban J connectivity index is 2.30. The summed E-state index contributed by atoms with van der Waals surface area (Å²) in [7, 11) is 0. The van der Waals surface area contributed by atoms with Crippen LogP contribution in [0.2, 0.25) is 0 Å². The molecule has 6 heteroatoms. The quantitative estimate of drug-likeness (QED) is 0.655. The SMILES string of the molecule is Nc1noc(C2CCNCC2)c1C(=O)O. The van der Waals surface area contributed by atoms with Gasteiger partial charge >= 0.3 is 5.97 Å². The van der Waals surface area contributed by atoms with Crippen molar-refractivity contribution in [3.05, 3.63) is 11.3 Å². The molecular formula is C9H13N3O3. The number of nitrogens with zero attached hydrogens (tertiary/aromatic N) is 1. The molecule has 2 heterocycles. The number of nitrogens with one attached hydrogen (secondary N) is 1. The largest absolute Gasteiger partial charge is 0.477 e. The van der Waals surface area contributed by atoms with Crippen LogP contribution in [0.4, 0.5) is 5.82 Å². The number of hydrogen-bond donors (Lipinski definition) is 3. The molecular weight excluding hydrogens is 198 g/mol. The fourth-order valence-electron chi connectivity index (χ4n) is 1.89. The molecule has 1 fully saturated rings. The fraction of sp³-hybridized carbons (Fsp3) is 0.556. The molecule has 1 aromatic heterocycles. The molecule has 0 aromatic carbocycles. The number of carboxylic acid groups (broad SMARTS) is 1. The van der Waals surface area contributed by atoms with E-state index >= 15 is 0 Å². The Kier molecular flexibility index (Phi) is 2.59. The van der Waals surface area contributed by atoms with E-state index in [0.717, 1.165) is 25.9 Å². The zero-order chi connectivity index (χ0) is 10.8. The number of carbonyl (C=O) groups is 1. The molecule has 82 valence electrons. The number of hydrogen-bond acceptors (Lipinski definition) is 5. The number of nitrogens with two attached hydrogens (primary N) is 1. The molecule has 0 bridgehead atoms. The van der Waals surface area contributed by atoms with Gasteiger partial charge in [-0.1, -0.05) is 5.16 Å². The number of nitrogen functional groups attached to an aromatic ring is 1. The first-order valence-corrected chi connectivity index (χ1v) is 4.89. The molecule has 1 aromatic rings. The molecule has 1 saturated heterocycles. The van der Waals surface area contributed by atoms with Crippen molar-refractivity contribution in [2.24, 2.45) is 0 Å². The third-order valence-electron chi connectivity index (χ3n) is 2.67. The number of carboxylic acids is 1. The van der Waals surface area contributed by atoms with Crippen molar-refractivity contribution in [2.45, 2.75) is 18.8 Å². The lowest BCUT2D eigenvalue weighted by molar-refractivity contribution is 0.0694. The number of aromatic carboxylic acids is 1. The zero-order valence-corrected chi connectivity index (χ0v) is 8.19.